The van der Waals surface area contributed by atoms with Crippen molar-refractivity contribution in [2.24, 2.45) is 0 Å². The maximum absolute atomic E-state index is 13.6. The van der Waals surface area contributed by atoms with Gasteiger partial charge in [0, 0.05) is 43.7 Å². The number of ether oxygens (including phenoxy) is 2. The van der Waals surface area contributed by atoms with Crippen molar-refractivity contribution in [2.75, 3.05) is 37.8 Å². The van der Waals surface area contributed by atoms with Gasteiger partial charge in [0.15, 0.2) is 0 Å². The van der Waals surface area contributed by atoms with Crippen LogP contribution >= 0.6 is 0 Å². The fraction of sp³-hybridized carbons (Fsp3) is 0.469. The maximum Gasteiger partial charge on any atom is 0.407 e. The molecule has 0 bridgehead atoms. The number of nitrogens with zero attached hydrogens (tertiary/aromatic N) is 4. The smallest absolute Gasteiger partial charge is 0.407 e. The van der Waals surface area contributed by atoms with Crippen molar-refractivity contribution in [3.63, 3.8) is 0 Å². The summed E-state index contributed by atoms with van der Waals surface area (Å²) in [5, 5.41) is 14.6. The van der Waals surface area contributed by atoms with Gasteiger partial charge in [0.05, 0.1) is 31.1 Å². The van der Waals surface area contributed by atoms with E-state index in [0.29, 0.717) is 38.5 Å². The number of nitrogens with one attached hydrogen (secondary N) is 2. The number of anilines is 1. The fourth-order valence-corrected chi connectivity index (χ4v) is 4.98. The Balaban J connectivity index is 1.50. The number of hydrogen-bond donors (Lipinski definition) is 2. The monoisotopic (exact) mass is 590 g/mol. The van der Waals surface area contributed by atoms with Gasteiger partial charge in [-0.25, -0.2) is 9.48 Å². The molecule has 2 heterocycles. The van der Waals surface area contributed by atoms with E-state index in [1.807, 2.05) is 55.5 Å². The lowest BCUT2D eigenvalue weighted by molar-refractivity contribution is -0.122. The zero-order valence-electron chi connectivity index (χ0n) is 25.1. The molecule has 3 aromatic rings. The number of carbonyl (C=O) groups is 3. The minimum absolute atomic E-state index is 0.112. The predicted molar refractivity (Wildman–Crippen MR) is 164 cm³/mol. The molecule has 230 valence electrons. The van der Waals surface area contributed by atoms with E-state index in [4.69, 9.17) is 9.47 Å². The van der Waals surface area contributed by atoms with Gasteiger partial charge in [0.25, 0.3) is 0 Å². The molecule has 0 radical (unpaired) electrons. The number of benzene rings is 2. The minimum Gasteiger partial charge on any atom is -0.448 e. The number of carbonyl (C=O) groups excluding carboxylic acids is 3. The Morgan fingerprint density at radius 3 is 2.47 bits per heavy atom. The van der Waals surface area contributed by atoms with Gasteiger partial charge in [-0.3, -0.25) is 9.59 Å². The van der Waals surface area contributed by atoms with Gasteiger partial charge in [0.2, 0.25) is 11.8 Å². The van der Waals surface area contributed by atoms with E-state index in [1.165, 1.54) is 0 Å². The second-order valence-corrected chi connectivity index (χ2v) is 10.4. The summed E-state index contributed by atoms with van der Waals surface area (Å²) in [6.07, 6.45) is 3.93. The largest absolute Gasteiger partial charge is 0.448 e. The van der Waals surface area contributed by atoms with Gasteiger partial charge in [-0.2, -0.15) is 0 Å². The van der Waals surface area contributed by atoms with E-state index in [2.05, 4.69) is 27.9 Å². The van der Waals surface area contributed by atoms with Crippen LogP contribution in [-0.4, -0.2) is 65.8 Å². The summed E-state index contributed by atoms with van der Waals surface area (Å²) in [5.41, 5.74) is 4.78. The van der Waals surface area contributed by atoms with E-state index < -0.39 is 6.09 Å². The molecule has 0 saturated carbocycles. The molecular weight excluding hydrogens is 548 g/mol. The van der Waals surface area contributed by atoms with Crippen LogP contribution in [0, 0.1) is 0 Å². The number of rotatable bonds is 15. The van der Waals surface area contributed by atoms with Gasteiger partial charge in [0.1, 0.15) is 12.3 Å². The number of hydrogen-bond acceptors (Lipinski definition) is 7. The van der Waals surface area contributed by atoms with Crippen molar-refractivity contribution in [3.8, 4) is 22.5 Å². The second-order valence-electron chi connectivity index (χ2n) is 10.4. The van der Waals surface area contributed by atoms with Gasteiger partial charge < -0.3 is 25.0 Å². The molecular formula is C32H42N6O5. The highest BCUT2D eigenvalue weighted by Crippen LogP contribution is 2.41. The zero-order chi connectivity index (χ0) is 30.4. The number of para-hydroxylation sites is 1. The van der Waals surface area contributed by atoms with Gasteiger partial charge in [-0.1, -0.05) is 74.4 Å². The molecule has 0 unspecified atom stereocenters. The van der Waals surface area contributed by atoms with E-state index in [0.717, 1.165) is 53.8 Å². The molecule has 0 fully saturated rings. The summed E-state index contributed by atoms with van der Waals surface area (Å²) in [6.45, 7) is 6.75. The highest BCUT2D eigenvalue weighted by Gasteiger charge is 2.29. The first-order valence-electron chi connectivity index (χ1n) is 15.2. The van der Waals surface area contributed by atoms with Crippen LogP contribution in [0.4, 0.5) is 10.5 Å². The summed E-state index contributed by atoms with van der Waals surface area (Å²) in [4.78, 5) is 39.7. The van der Waals surface area contributed by atoms with Crippen LogP contribution in [0.5, 0.6) is 0 Å². The second kappa shape index (κ2) is 16.4. The van der Waals surface area contributed by atoms with Crippen LogP contribution in [0.1, 0.15) is 57.9 Å². The fourth-order valence-electron chi connectivity index (χ4n) is 4.98. The Kier molecular flexibility index (Phi) is 12.1. The molecule has 11 heteroatoms. The average Bonchev–Trinajstić information content (AvgIpc) is 3.42. The van der Waals surface area contributed by atoms with E-state index in [1.54, 1.807) is 9.58 Å². The third-order valence-corrected chi connectivity index (χ3v) is 7.16. The number of alkyl carbamates (subject to hydrolysis) is 1. The molecule has 1 aliphatic heterocycles. The Hall–Kier alpha value is -4.25. The molecule has 2 N–H and O–H groups in total. The van der Waals surface area contributed by atoms with E-state index in [-0.39, 0.29) is 37.8 Å². The molecule has 0 aliphatic carbocycles. The quantitative estimate of drug-likeness (QED) is 0.246. The molecule has 3 amide bonds. The van der Waals surface area contributed by atoms with Crippen LogP contribution in [0.15, 0.2) is 48.5 Å². The Morgan fingerprint density at radius 1 is 0.860 bits per heavy atom. The summed E-state index contributed by atoms with van der Waals surface area (Å²) in [5.74, 6) is -0.250. The van der Waals surface area contributed by atoms with Crippen molar-refractivity contribution in [3.05, 3.63) is 54.1 Å². The van der Waals surface area contributed by atoms with Gasteiger partial charge in [-0.05, 0) is 24.5 Å². The molecule has 1 aromatic heterocycles. The lowest BCUT2D eigenvalue weighted by Gasteiger charge is -2.28. The lowest BCUT2D eigenvalue weighted by atomic mass is 9.95. The van der Waals surface area contributed by atoms with Crippen molar-refractivity contribution >= 4 is 23.6 Å². The molecule has 4 rings (SSSR count). The van der Waals surface area contributed by atoms with Crippen LogP contribution in [-0.2, 0) is 32.2 Å². The zero-order valence-corrected chi connectivity index (χ0v) is 25.1. The maximum atomic E-state index is 13.6. The van der Waals surface area contributed by atoms with Crippen molar-refractivity contribution in [1.29, 1.82) is 0 Å². The number of fused-ring (bicyclic) bond motifs is 5. The van der Waals surface area contributed by atoms with Crippen LogP contribution in [0.25, 0.3) is 22.5 Å². The Labute approximate surface area is 252 Å². The average molecular weight is 591 g/mol. The standard InChI is InChI=1S/C32H42N6O5/c1-3-5-10-17-34-32(41)43-22-19-38-31-25-12-7-6-11-24(25)23-37(27-14-9-8-13-26(27)30(31)35-36-38)29(40)15-18-33-28(39)16-21-42-20-4-2/h6-9,11-14H,3-5,10,15-23H2,1-2H3,(H,33,39)(H,34,41). The van der Waals surface area contributed by atoms with Crippen molar-refractivity contribution in [1.82, 2.24) is 25.6 Å². The lowest BCUT2D eigenvalue weighted by Crippen LogP contribution is -2.35. The number of aromatic nitrogens is 3. The Bertz CT molecular complexity index is 1370. The van der Waals surface area contributed by atoms with Crippen LogP contribution < -0.4 is 15.5 Å². The third-order valence-electron chi connectivity index (χ3n) is 7.16. The van der Waals surface area contributed by atoms with Gasteiger partial charge in [-0.15, -0.1) is 5.10 Å². The molecule has 0 spiro atoms. The first-order valence-corrected chi connectivity index (χ1v) is 15.2. The molecule has 2 aromatic carbocycles. The normalized spacial score (nSPS) is 11.9. The number of amides is 3. The third kappa shape index (κ3) is 8.63. The predicted octanol–water partition coefficient (Wildman–Crippen LogP) is 4.70. The van der Waals surface area contributed by atoms with Crippen LogP contribution in [0.2, 0.25) is 0 Å². The summed E-state index contributed by atoms with van der Waals surface area (Å²) in [7, 11) is 0. The summed E-state index contributed by atoms with van der Waals surface area (Å²) < 4.78 is 12.5. The SMILES string of the molecule is CCCCCNC(=O)OCCn1nnc2c1-c1ccccc1CN(C(=O)CCNC(=O)CCOCCC)c1ccccc1-2. The summed E-state index contributed by atoms with van der Waals surface area (Å²) >= 11 is 0. The van der Waals surface area contributed by atoms with Crippen molar-refractivity contribution in [2.45, 2.75) is 65.5 Å². The molecule has 0 saturated heterocycles. The molecule has 11 nitrogen and oxygen atoms in total. The molecule has 1 aliphatic rings. The molecule has 43 heavy (non-hydrogen) atoms. The first kappa shape index (κ1) is 31.7. The first-order chi connectivity index (χ1) is 21.0. The number of unbranched alkanes of at least 4 members (excludes halogenated alkanes) is 2. The highest BCUT2D eigenvalue weighted by atomic mass is 16.5. The molecule has 0 atom stereocenters. The van der Waals surface area contributed by atoms with Crippen LogP contribution in [0.3, 0.4) is 0 Å². The Morgan fingerprint density at radius 2 is 1.65 bits per heavy atom. The topological polar surface area (TPSA) is 128 Å². The van der Waals surface area contributed by atoms with Crippen molar-refractivity contribution < 1.29 is 23.9 Å². The highest BCUT2D eigenvalue weighted by molar-refractivity contribution is 6.00. The van der Waals surface area contributed by atoms with Gasteiger partial charge >= 0.3 is 6.09 Å². The van der Waals surface area contributed by atoms with E-state index >= 15 is 0 Å². The van der Waals surface area contributed by atoms with E-state index in [9.17, 15) is 14.4 Å². The minimum atomic E-state index is -0.444. The summed E-state index contributed by atoms with van der Waals surface area (Å²) in [6, 6.07) is 15.5.